The minimum absolute atomic E-state index is 0.0845. The summed E-state index contributed by atoms with van der Waals surface area (Å²) in [6, 6.07) is 18.1. The fraction of sp³-hybridized carbons (Fsp3) is 0. The van der Waals surface area contributed by atoms with E-state index in [1.165, 1.54) is 47.7 Å². The van der Waals surface area contributed by atoms with Crippen LogP contribution in [0.2, 0.25) is 0 Å². The van der Waals surface area contributed by atoms with Gasteiger partial charge in [-0.3, -0.25) is 14.8 Å². The second-order valence-corrected chi connectivity index (χ2v) is 8.79. The van der Waals surface area contributed by atoms with Crippen molar-refractivity contribution in [2.75, 3.05) is 10.0 Å². The molecule has 1 amide bonds. The first kappa shape index (κ1) is 19.0. The van der Waals surface area contributed by atoms with Gasteiger partial charge >= 0.3 is 0 Å². The van der Waals surface area contributed by atoms with Crippen molar-refractivity contribution < 1.29 is 17.6 Å². The highest BCUT2D eigenvalue weighted by Crippen LogP contribution is 2.26. The molecule has 3 aromatic carbocycles. The minimum Gasteiger partial charge on any atom is -0.298 e. The van der Waals surface area contributed by atoms with Crippen molar-refractivity contribution in [1.82, 2.24) is 4.98 Å². The van der Waals surface area contributed by atoms with E-state index >= 15 is 0 Å². The van der Waals surface area contributed by atoms with Crippen LogP contribution in [0.15, 0.2) is 77.7 Å². The fourth-order valence-corrected chi connectivity index (χ4v) is 4.60. The monoisotopic (exact) mass is 427 g/mol. The van der Waals surface area contributed by atoms with Crippen molar-refractivity contribution in [1.29, 1.82) is 0 Å². The van der Waals surface area contributed by atoms with E-state index in [2.05, 4.69) is 15.0 Å². The highest BCUT2D eigenvalue weighted by molar-refractivity contribution is 7.92. The van der Waals surface area contributed by atoms with Crippen LogP contribution in [-0.4, -0.2) is 19.3 Å². The normalized spacial score (nSPS) is 11.3. The number of nitrogens with zero attached hydrogens (tertiary/aromatic N) is 1. The average Bonchev–Trinajstić information content (AvgIpc) is 3.12. The van der Waals surface area contributed by atoms with Gasteiger partial charge in [0.15, 0.2) is 5.13 Å². The van der Waals surface area contributed by atoms with Crippen LogP contribution in [0, 0.1) is 5.82 Å². The zero-order valence-electron chi connectivity index (χ0n) is 14.8. The molecule has 4 rings (SSSR count). The van der Waals surface area contributed by atoms with Crippen LogP contribution in [0.25, 0.3) is 10.2 Å². The molecular formula is C20H14FN3O3S2. The van der Waals surface area contributed by atoms with E-state index in [1.807, 2.05) is 24.3 Å². The predicted molar refractivity (Wildman–Crippen MR) is 111 cm³/mol. The summed E-state index contributed by atoms with van der Waals surface area (Å²) in [5.41, 5.74) is 1.16. The summed E-state index contributed by atoms with van der Waals surface area (Å²) >= 11 is 1.33. The van der Waals surface area contributed by atoms with Crippen molar-refractivity contribution in [3.63, 3.8) is 0 Å². The van der Waals surface area contributed by atoms with Crippen LogP contribution in [-0.2, 0) is 10.0 Å². The number of aromatic nitrogens is 1. The standard InChI is InChI=1S/C20H14FN3O3S2/c21-14-8-10-15(11-9-14)24-29(26,27)16-5-3-4-13(12-16)19(25)23-20-22-17-6-1-2-7-18(17)28-20/h1-12,24H,(H,22,23,25). The number of hydrogen-bond acceptors (Lipinski definition) is 5. The molecule has 9 heteroatoms. The minimum atomic E-state index is -3.94. The molecule has 0 aliphatic rings. The fourth-order valence-electron chi connectivity index (χ4n) is 2.63. The van der Waals surface area contributed by atoms with Gasteiger partial charge in [-0.15, -0.1) is 0 Å². The second kappa shape index (κ2) is 7.61. The quantitative estimate of drug-likeness (QED) is 0.491. The SMILES string of the molecule is O=C(Nc1nc2ccccc2s1)c1cccc(S(=O)(=O)Nc2ccc(F)cc2)c1. The lowest BCUT2D eigenvalue weighted by atomic mass is 10.2. The van der Waals surface area contributed by atoms with Crippen molar-refractivity contribution in [3.8, 4) is 0 Å². The van der Waals surface area contributed by atoms with Crippen LogP contribution >= 0.6 is 11.3 Å². The Balaban J connectivity index is 1.55. The third kappa shape index (κ3) is 4.25. The largest absolute Gasteiger partial charge is 0.298 e. The molecule has 4 aromatic rings. The molecule has 0 unspecified atom stereocenters. The van der Waals surface area contributed by atoms with Crippen molar-refractivity contribution in [3.05, 3.63) is 84.2 Å². The Morgan fingerprint density at radius 2 is 1.72 bits per heavy atom. The highest BCUT2D eigenvalue weighted by atomic mass is 32.2. The van der Waals surface area contributed by atoms with E-state index in [-0.39, 0.29) is 16.1 Å². The van der Waals surface area contributed by atoms with Crippen molar-refractivity contribution in [2.24, 2.45) is 0 Å². The number of carbonyl (C=O) groups is 1. The number of sulfonamides is 1. The van der Waals surface area contributed by atoms with Crippen LogP contribution in [0.3, 0.4) is 0 Å². The van der Waals surface area contributed by atoms with Gasteiger partial charge in [0.05, 0.1) is 15.1 Å². The van der Waals surface area contributed by atoms with Gasteiger partial charge < -0.3 is 0 Å². The van der Waals surface area contributed by atoms with Crippen molar-refractivity contribution >= 4 is 48.3 Å². The number of rotatable bonds is 5. The lowest BCUT2D eigenvalue weighted by Gasteiger charge is -2.09. The lowest BCUT2D eigenvalue weighted by molar-refractivity contribution is 0.102. The molecule has 1 heterocycles. The molecule has 0 fully saturated rings. The lowest BCUT2D eigenvalue weighted by Crippen LogP contribution is -2.16. The maximum absolute atomic E-state index is 13.0. The first-order chi connectivity index (χ1) is 13.9. The molecule has 1 aromatic heterocycles. The first-order valence-corrected chi connectivity index (χ1v) is 10.8. The van der Waals surface area contributed by atoms with E-state index in [1.54, 1.807) is 0 Å². The van der Waals surface area contributed by atoms with Crippen LogP contribution in [0.5, 0.6) is 0 Å². The maximum Gasteiger partial charge on any atom is 0.261 e. The van der Waals surface area contributed by atoms with Gasteiger partial charge in [-0.2, -0.15) is 0 Å². The Labute approximate surface area is 170 Å². The number of halogens is 1. The molecule has 29 heavy (non-hydrogen) atoms. The number of benzene rings is 3. The molecule has 0 saturated heterocycles. The number of fused-ring (bicyclic) bond motifs is 1. The smallest absolute Gasteiger partial charge is 0.261 e. The molecule has 6 nitrogen and oxygen atoms in total. The van der Waals surface area contributed by atoms with Gasteiger partial charge in [0.25, 0.3) is 15.9 Å². The summed E-state index contributed by atoms with van der Waals surface area (Å²) < 4.78 is 41.5. The van der Waals surface area contributed by atoms with Gasteiger partial charge in [0.1, 0.15) is 5.82 Å². The Hall–Kier alpha value is -3.30. The third-order valence-corrected chi connectivity index (χ3v) is 6.35. The van der Waals surface area contributed by atoms with Gasteiger partial charge in [-0.05, 0) is 54.6 Å². The highest BCUT2D eigenvalue weighted by Gasteiger charge is 2.17. The number of para-hydroxylation sites is 1. The summed E-state index contributed by atoms with van der Waals surface area (Å²) in [5, 5.41) is 3.12. The summed E-state index contributed by atoms with van der Waals surface area (Å²) in [6.07, 6.45) is 0. The molecule has 0 bridgehead atoms. The van der Waals surface area contributed by atoms with Crippen LogP contribution < -0.4 is 10.0 Å². The maximum atomic E-state index is 13.0. The number of nitrogens with one attached hydrogen (secondary N) is 2. The van der Waals surface area contributed by atoms with Crippen LogP contribution in [0.4, 0.5) is 15.2 Å². The Morgan fingerprint density at radius 1 is 0.966 bits per heavy atom. The topological polar surface area (TPSA) is 88.2 Å². The number of hydrogen-bond donors (Lipinski definition) is 2. The number of anilines is 2. The van der Waals surface area contributed by atoms with Gasteiger partial charge in [0, 0.05) is 11.3 Å². The van der Waals surface area contributed by atoms with Crippen LogP contribution in [0.1, 0.15) is 10.4 Å². The molecule has 0 spiro atoms. The van der Waals surface area contributed by atoms with Gasteiger partial charge in [-0.25, -0.2) is 17.8 Å². The summed E-state index contributed by atoms with van der Waals surface area (Å²) in [6.45, 7) is 0. The summed E-state index contributed by atoms with van der Waals surface area (Å²) in [7, 11) is -3.94. The first-order valence-electron chi connectivity index (χ1n) is 8.46. The van der Waals surface area contributed by atoms with E-state index in [0.29, 0.717) is 5.13 Å². The number of carbonyl (C=O) groups excluding carboxylic acids is 1. The molecule has 0 saturated carbocycles. The third-order valence-electron chi connectivity index (χ3n) is 4.02. The summed E-state index contributed by atoms with van der Waals surface area (Å²) in [4.78, 5) is 16.8. The zero-order chi connectivity index (χ0) is 20.4. The molecule has 0 aliphatic heterocycles. The zero-order valence-corrected chi connectivity index (χ0v) is 16.4. The molecule has 146 valence electrons. The Kier molecular flexibility index (Phi) is 4.99. The van der Waals surface area contributed by atoms with Gasteiger partial charge in [-0.1, -0.05) is 29.5 Å². The van der Waals surface area contributed by atoms with E-state index in [4.69, 9.17) is 0 Å². The summed E-state index contributed by atoms with van der Waals surface area (Å²) in [5.74, 6) is -0.940. The van der Waals surface area contributed by atoms with E-state index in [0.717, 1.165) is 22.3 Å². The van der Waals surface area contributed by atoms with Gasteiger partial charge in [0.2, 0.25) is 0 Å². The average molecular weight is 427 g/mol. The number of thiazole rings is 1. The predicted octanol–water partition coefficient (Wildman–Crippen LogP) is 4.49. The second-order valence-electron chi connectivity index (χ2n) is 6.08. The van der Waals surface area contributed by atoms with E-state index in [9.17, 15) is 17.6 Å². The molecule has 0 aliphatic carbocycles. The molecule has 0 atom stereocenters. The molecular weight excluding hydrogens is 413 g/mol. The number of amides is 1. The Morgan fingerprint density at radius 3 is 2.48 bits per heavy atom. The Bertz CT molecular complexity index is 1270. The molecule has 2 N–H and O–H groups in total. The van der Waals surface area contributed by atoms with E-state index < -0.39 is 21.7 Å². The molecule has 0 radical (unpaired) electrons. The van der Waals surface area contributed by atoms with Crippen molar-refractivity contribution in [2.45, 2.75) is 4.90 Å².